The molecule has 3 nitrogen and oxygen atoms in total. The van der Waals surface area contributed by atoms with Gasteiger partial charge >= 0.3 is 0 Å². The summed E-state index contributed by atoms with van der Waals surface area (Å²) in [7, 11) is 1.33. The summed E-state index contributed by atoms with van der Waals surface area (Å²) < 4.78 is 29.1. The van der Waals surface area contributed by atoms with Crippen molar-refractivity contribution in [1.29, 1.82) is 0 Å². The topological polar surface area (TPSA) is 48.1 Å². The molecule has 0 saturated carbocycles. The Kier molecular flexibility index (Phi) is 2.87. The van der Waals surface area contributed by atoms with Crippen molar-refractivity contribution in [2.75, 3.05) is 12.8 Å². The number of methoxy groups -OCH3 is 1. The highest BCUT2D eigenvalue weighted by molar-refractivity contribution is 6.34. The van der Waals surface area contributed by atoms with Gasteiger partial charge in [0.25, 0.3) is 6.43 Å². The van der Waals surface area contributed by atoms with Crippen LogP contribution < -0.4 is 10.5 Å². The van der Waals surface area contributed by atoms with Crippen molar-refractivity contribution in [3.63, 3.8) is 0 Å². The van der Waals surface area contributed by atoms with Crippen LogP contribution in [-0.4, -0.2) is 12.1 Å². The van der Waals surface area contributed by atoms with Crippen LogP contribution >= 0.6 is 11.6 Å². The molecule has 0 bridgehead atoms. The number of anilines is 1. The molecule has 13 heavy (non-hydrogen) atoms. The van der Waals surface area contributed by atoms with Crippen LogP contribution in [0.2, 0.25) is 5.02 Å². The van der Waals surface area contributed by atoms with E-state index < -0.39 is 6.43 Å². The fourth-order valence-corrected chi connectivity index (χ4v) is 1.05. The zero-order valence-electron chi connectivity index (χ0n) is 6.72. The van der Waals surface area contributed by atoms with Gasteiger partial charge in [-0.25, -0.2) is 13.8 Å². The maximum atomic E-state index is 12.2. The van der Waals surface area contributed by atoms with Gasteiger partial charge in [-0.1, -0.05) is 11.6 Å². The first kappa shape index (κ1) is 9.98. The van der Waals surface area contributed by atoms with Crippen LogP contribution in [0.4, 0.5) is 14.5 Å². The van der Waals surface area contributed by atoms with E-state index in [1.165, 1.54) is 7.11 Å². The van der Waals surface area contributed by atoms with Crippen molar-refractivity contribution in [2.45, 2.75) is 6.43 Å². The summed E-state index contributed by atoms with van der Waals surface area (Å²) in [5.74, 6) is 0.0450. The number of hydrogen-bond donors (Lipinski definition) is 1. The standard InChI is InChI=1S/C7H7ClF2N2O/c1-13-7-4(8)5(11)3(2-12-7)6(9)10/h2,6H,1H3,(H2,11,12). The first-order valence-corrected chi connectivity index (χ1v) is 3.71. The predicted octanol–water partition coefficient (Wildman–Crippen LogP) is 2.26. The molecule has 2 N–H and O–H groups in total. The molecular formula is C7H7ClF2N2O. The molecule has 0 aromatic carbocycles. The SMILES string of the molecule is COc1ncc(C(F)F)c(N)c1Cl. The number of nitrogen functional groups attached to an aromatic ring is 1. The van der Waals surface area contributed by atoms with Crippen LogP contribution in [0.3, 0.4) is 0 Å². The summed E-state index contributed by atoms with van der Waals surface area (Å²) in [5.41, 5.74) is 4.75. The van der Waals surface area contributed by atoms with Gasteiger partial charge in [0.05, 0.1) is 18.4 Å². The van der Waals surface area contributed by atoms with Crippen molar-refractivity contribution in [1.82, 2.24) is 4.98 Å². The molecule has 0 aliphatic rings. The Balaban J connectivity index is 3.23. The van der Waals surface area contributed by atoms with Gasteiger partial charge in [-0.05, 0) is 0 Å². The van der Waals surface area contributed by atoms with Gasteiger partial charge < -0.3 is 10.5 Å². The minimum absolute atomic E-state index is 0.0450. The quantitative estimate of drug-likeness (QED) is 0.811. The summed E-state index contributed by atoms with van der Waals surface area (Å²) in [6, 6.07) is 0. The van der Waals surface area contributed by atoms with Gasteiger partial charge in [0.2, 0.25) is 5.88 Å². The van der Waals surface area contributed by atoms with Gasteiger partial charge in [-0.2, -0.15) is 0 Å². The van der Waals surface area contributed by atoms with E-state index in [1.54, 1.807) is 0 Å². The lowest BCUT2D eigenvalue weighted by atomic mass is 10.2. The number of alkyl halides is 2. The van der Waals surface area contributed by atoms with Crippen LogP contribution in [0.15, 0.2) is 6.20 Å². The highest BCUT2D eigenvalue weighted by atomic mass is 35.5. The van der Waals surface area contributed by atoms with E-state index in [2.05, 4.69) is 4.98 Å². The Bertz CT molecular complexity index is 320. The molecule has 1 rings (SSSR count). The largest absolute Gasteiger partial charge is 0.480 e. The number of pyridine rings is 1. The van der Waals surface area contributed by atoms with E-state index in [1.807, 2.05) is 0 Å². The van der Waals surface area contributed by atoms with E-state index in [4.69, 9.17) is 22.1 Å². The minimum Gasteiger partial charge on any atom is -0.480 e. The molecule has 0 aliphatic heterocycles. The fraction of sp³-hybridized carbons (Fsp3) is 0.286. The second-order valence-corrected chi connectivity index (χ2v) is 2.63. The molecular weight excluding hydrogens is 202 g/mol. The average molecular weight is 209 g/mol. The molecule has 0 atom stereocenters. The highest BCUT2D eigenvalue weighted by Crippen LogP contribution is 2.34. The monoisotopic (exact) mass is 208 g/mol. The van der Waals surface area contributed by atoms with Crippen LogP contribution in [0, 0.1) is 0 Å². The van der Waals surface area contributed by atoms with Gasteiger partial charge in [0.1, 0.15) is 5.02 Å². The molecule has 0 unspecified atom stereocenters. The minimum atomic E-state index is -2.68. The zero-order valence-corrected chi connectivity index (χ0v) is 7.48. The third-order valence-corrected chi connectivity index (χ3v) is 1.85. The second-order valence-electron chi connectivity index (χ2n) is 2.25. The lowest BCUT2D eigenvalue weighted by molar-refractivity contribution is 0.151. The van der Waals surface area contributed by atoms with Gasteiger partial charge in [0.15, 0.2) is 0 Å². The first-order valence-electron chi connectivity index (χ1n) is 3.34. The molecule has 1 heterocycles. The molecule has 0 radical (unpaired) electrons. The van der Waals surface area contributed by atoms with E-state index in [9.17, 15) is 8.78 Å². The molecule has 1 aromatic heterocycles. The maximum absolute atomic E-state index is 12.2. The fourth-order valence-electron chi connectivity index (χ4n) is 0.813. The average Bonchev–Trinajstić information content (AvgIpc) is 2.09. The molecule has 6 heteroatoms. The number of ether oxygens (including phenoxy) is 1. The molecule has 0 saturated heterocycles. The summed E-state index contributed by atoms with van der Waals surface area (Å²) >= 11 is 5.60. The van der Waals surface area contributed by atoms with E-state index >= 15 is 0 Å². The molecule has 0 amide bonds. The van der Waals surface area contributed by atoms with Crippen molar-refractivity contribution >= 4 is 17.3 Å². The van der Waals surface area contributed by atoms with Crippen molar-refractivity contribution < 1.29 is 13.5 Å². The Hall–Kier alpha value is -1.10. The summed E-state index contributed by atoms with van der Waals surface area (Å²) in [4.78, 5) is 3.56. The smallest absolute Gasteiger partial charge is 0.267 e. The number of rotatable bonds is 2. The maximum Gasteiger partial charge on any atom is 0.267 e. The number of aromatic nitrogens is 1. The first-order chi connectivity index (χ1) is 6.07. The van der Waals surface area contributed by atoms with E-state index in [0.717, 1.165) is 6.20 Å². The molecule has 72 valence electrons. The molecule has 0 spiro atoms. The number of nitrogens with zero attached hydrogens (tertiary/aromatic N) is 1. The zero-order chi connectivity index (χ0) is 10.0. The third kappa shape index (κ3) is 1.80. The van der Waals surface area contributed by atoms with Crippen molar-refractivity contribution in [3.8, 4) is 5.88 Å². The van der Waals surface area contributed by atoms with Crippen LogP contribution in [0.25, 0.3) is 0 Å². The van der Waals surface area contributed by atoms with Crippen LogP contribution in [0.1, 0.15) is 12.0 Å². The summed E-state index contributed by atoms with van der Waals surface area (Å²) in [5, 5.41) is -0.0831. The summed E-state index contributed by atoms with van der Waals surface area (Å²) in [6.07, 6.45) is -1.74. The van der Waals surface area contributed by atoms with Crippen molar-refractivity contribution in [3.05, 3.63) is 16.8 Å². The summed E-state index contributed by atoms with van der Waals surface area (Å²) in [6.45, 7) is 0. The van der Waals surface area contributed by atoms with E-state index in [0.29, 0.717) is 0 Å². The number of halogens is 3. The second kappa shape index (κ2) is 3.74. The molecule has 0 aliphatic carbocycles. The predicted molar refractivity (Wildman–Crippen MR) is 45.2 cm³/mol. The van der Waals surface area contributed by atoms with Gasteiger partial charge in [0, 0.05) is 6.20 Å². The normalized spacial score (nSPS) is 10.5. The van der Waals surface area contributed by atoms with Crippen LogP contribution in [0.5, 0.6) is 5.88 Å². The Labute approximate surface area is 78.5 Å². The Morgan fingerprint density at radius 2 is 2.23 bits per heavy atom. The number of hydrogen-bond acceptors (Lipinski definition) is 3. The Morgan fingerprint density at radius 3 is 2.69 bits per heavy atom. The van der Waals surface area contributed by atoms with Gasteiger partial charge in [-0.15, -0.1) is 0 Å². The highest BCUT2D eigenvalue weighted by Gasteiger charge is 2.17. The lowest BCUT2D eigenvalue weighted by Crippen LogP contribution is -1.99. The van der Waals surface area contributed by atoms with Gasteiger partial charge in [-0.3, -0.25) is 0 Å². The number of nitrogens with two attached hydrogens (primary N) is 1. The molecule has 1 aromatic rings. The van der Waals surface area contributed by atoms with E-state index in [-0.39, 0.29) is 22.2 Å². The third-order valence-electron chi connectivity index (χ3n) is 1.48. The lowest BCUT2D eigenvalue weighted by Gasteiger charge is -2.08. The molecule has 0 fully saturated rings. The Morgan fingerprint density at radius 1 is 1.62 bits per heavy atom. The van der Waals surface area contributed by atoms with Crippen LogP contribution in [-0.2, 0) is 0 Å². The van der Waals surface area contributed by atoms with Crippen molar-refractivity contribution in [2.24, 2.45) is 0 Å².